The number of hydrazone groups is 1. The first-order chi connectivity index (χ1) is 10.7. The second-order valence-electron chi connectivity index (χ2n) is 6.22. The van der Waals surface area contributed by atoms with Gasteiger partial charge in [0.15, 0.2) is 0 Å². The van der Waals surface area contributed by atoms with Crippen LogP contribution in [0.15, 0.2) is 52.8 Å². The van der Waals surface area contributed by atoms with Crippen molar-refractivity contribution in [2.24, 2.45) is 11.0 Å². The van der Waals surface area contributed by atoms with Crippen molar-refractivity contribution in [2.75, 3.05) is 0 Å². The molecule has 2 unspecified atom stereocenters. The van der Waals surface area contributed by atoms with Crippen molar-refractivity contribution in [1.29, 1.82) is 0 Å². The summed E-state index contributed by atoms with van der Waals surface area (Å²) in [4.78, 5) is 0. The summed E-state index contributed by atoms with van der Waals surface area (Å²) in [6.07, 6.45) is 8.99. The maximum Gasteiger partial charge on any atom is 0.0560 e. The molecule has 3 rings (SSSR count). The third-order valence-corrected chi connectivity index (χ3v) is 4.64. The Balaban J connectivity index is 1.85. The smallest absolute Gasteiger partial charge is 0.0560 e. The number of aliphatic hydroxyl groups excluding tert-OH is 1. The highest BCUT2D eigenvalue weighted by atomic mass is 16.3. The minimum Gasteiger partial charge on any atom is -0.393 e. The van der Waals surface area contributed by atoms with Crippen molar-refractivity contribution in [1.82, 2.24) is 5.43 Å². The molecule has 3 nitrogen and oxygen atoms in total. The molecule has 1 aliphatic heterocycles. The van der Waals surface area contributed by atoms with E-state index in [-0.39, 0.29) is 6.10 Å². The molecule has 3 heteroatoms. The molecular formula is C19H24N2O. The fourth-order valence-corrected chi connectivity index (χ4v) is 3.35. The molecule has 2 atom stereocenters. The Bertz CT molecular complexity index is 601. The first-order valence-corrected chi connectivity index (χ1v) is 8.18. The van der Waals surface area contributed by atoms with Crippen LogP contribution in [0, 0.1) is 5.92 Å². The molecule has 0 radical (unpaired) electrons. The maximum absolute atomic E-state index is 9.92. The number of nitrogens with one attached hydrogen (secondary N) is 1. The van der Waals surface area contributed by atoms with Crippen LogP contribution in [0.2, 0.25) is 0 Å². The van der Waals surface area contributed by atoms with Crippen molar-refractivity contribution in [2.45, 2.75) is 45.1 Å². The summed E-state index contributed by atoms with van der Waals surface area (Å²) < 4.78 is 0. The van der Waals surface area contributed by atoms with Crippen LogP contribution in [-0.4, -0.2) is 16.9 Å². The summed E-state index contributed by atoms with van der Waals surface area (Å²) in [5.74, 6) is 0.381. The van der Waals surface area contributed by atoms with Gasteiger partial charge in [-0.1, -0.05) is 36.4 Å². The molecule has 0 aromatic heterocycles. The zero-order valence-corrected chi connectivity index (χ0v) is 13.1. The Labute approximate surface area is 132 Å². The van der Waals surface area contributed by atoms with Crippen LogP contribution in [0.1, 0.15) is 44.6 Å². The molecule has 1 saturated carbocycles. The van der Waals surface area contributed by atoms with Gasteiger partial charge in [0.05, 0.1) is 11.8 Å². The van der Waals surface area contributed by atoms with Crippen LogP contribution in [0.25, 0.3) is 6.08 Å². The molecule has 1 fully saturated rings. The molecule has 0 spiro atoms. The number of benzene rings is 1. The van der Waals surface area contributed by atoms with Crippen LogP contribution < -0.4 is 5.43 Å². The summed E-state index contributed by atoms with van der Waals surface area (Å²) in [5.41, 5.74) is 8.14. The van der Waals surface area contributed by atoms with Crippen molar-refractivity contribution < 1.29 is 5.11 Å². The van der Waals surface area contributed by atoms with Crippen molar-refractivity contribution in [3.8, 4) is 0 Å². The summed E-state index contributed by atoms with van der Waals surface area (Å²) in [7, 11) is 0. The minimum atomic E-state index is -0.146. The SMILES string of the molecule is CC1=NNC(/C=C/c2ccccc2)=C2CCCC(O)CCC12. The van der Waals surface area contributed by atoms with Gasteiger partial charge in [0.2, 0.25) is 0 Å². The lowest BCUT2D eigenvalue weighted by molar-refractivity contribution is 0.142. The van der Waals surface area contributed by atoms with Gasteiger partial charge in [0.25, 0.3) is 0 Å². The largest absolute Gasteiger partial charge is 0.393 e. The number of allylic oxidation sites excluding steroid dienone is 2. The molecule has 2 N–H and O–H groups in total. The van der Waals surface area contributed by atoms with Crippen LogP contribution in [0.5, 0.6) is 0 Å². The monoisotopic (exact) mass is 296 g/mol. The highest BCUT2D eigenvalue weighted by Gasteiger charge is 2.26. The fourth-order valence-electron chi connectivity index (χ4n) is 3.35. The van der Waals surface area contributed by atoms with Crippen molar-refractivity contribution >= 4 is 11.8 Å². The van der Waals surface area contributed by atoms with E-state index in [1.807, 2.05) is 18.2 Å². The van der Waals surface area contributed by atoms with E-state index in [2.05, 4.69) is 41.7 Å². The molecule has 1 heterocycles. The van der Waals surface area contributed by atoms with E-state index in [0.29, 0.717) is 5.92 Å². The highest BCUT2D eigenvalue weighted by Crippen LogP contribution is 2.32. The number of rotatable bonds is 2. The molecule has 0 amide bonds. The molecular weight excluding hydrogens is 272 g/mol. The second kappa shape index (κ2) is 6.93. The topological polar surface area (TPSA) is 44.6 Å². The van der Waals surface area contributed by atoms with Crippen LogP contribution in [0.3, 0.4) is 0 Å². The van der Waals surface area contributed by atoms with Gasteiger partial charge in [-0.15, -0.1) is 0 Å². The third-order valence-electron chi connectivity index (χ3n) is 4.64. The van der Waals surface area contributed by atoms with E-state index in [4.69, 9.17) is 0 Å². The number of hydrogen-bond donors (Lipinski definition) is 2. The number of nitrogens with zero attached hydrogens (tertiary/aromatic N) is 1. The Morgan fingerprint density at radius 2 is 1.95 bits per heavy atom. The molecule has 1 aliphatic carbocycles. The number of fused-ring (bicyclic) bond motifs is 1. The van der Waals surface area contributed by atoms with Crippen molar-refractivity contribution in [3.63, 3.8) is 0 Å². The van der Waals surface area contributed by atoms with Crippen molar-refractivity contribution in [3.05, 3.63) is 53.2 Å². The molecule has 2 aliphatic rings. The van der Waals surface area contributed by atoms with Gasteiger partial charge in [-0.3, -0.25) is 5.43 Å². The summed E-state index contributed by atoms with van der Waals surface area (Å²) in [6.45, 7) is 2.09. The highest BCUT2D eigenvalue weighted by molar-refractivity contribution is 5.88. The Kier molecular flexibility index (Phi) is 4.74. The predicted molar refractivity (Wildman–Crippen MR) is 91.3 cm³/mol. The van der Waals surface area contributed by atoms with Crippen LogP contribution in [-0.2, 0) is 0 Å². The second-order valence-corrected chi connectivity index (χ2v) is 6.22. The van der Waals surface area contributed by atoms with E-state index in [0.717, 1.165) is 43.5 Å². The van der Waals surface area contributed by atoms with E-state index in [9.17, 15) is 5.11 Å². The van der Waals surface area contributed by atoms with E-state index < -0.39 is 0 Å². The third kappa shape index (κ3) is 3.47. The van der Waals surface area contributed by atoms with Crippen LogP contribution in [0.4, 0.5) is 0 Å². The Morgan fingerprint density at radius 3 is 2.77 bits per heavy atom. The average molecular weight is 296 g/mol. The number of hydrogen-bond acceptors (Lipinski definition) is 3. The average Bonchev–Trinajstić information content (AvgIpc) is 2.52. The lowest BCUT2D eigenvalue weighted by Gasteiger charge is -2.30. The lowest BCUT2D eigenvalue weighted by atomic mass is 9.81. The predicted octanol–water partition coefficient (Wildman–Crippen LogP) is 3.87. The molecule has 0 bridgehead atoms. The van der Waals surface area contributed by atoms with Gasteiger partial charge >= 0.3 is 0 Å². The summed E-state index contributed by atoms with van der Waals surface area (Å²) in [6, 6.07) is 10.3. The van der Waals surface area contributed by atoms with E-state index >= 15 is 0 Å². The quantitative estimate of drug-likeness (QED) is 0.870. The lowest BCUT2D eigenvalue weighted by Crippen LogP contribution is -2.28. The normalized spacial score (nSPS) is 26.0. The molecule has 0 saturated heterocycles. The zero-order valence-electron chi connectivity index (χ0n) is 13.1. The van der Waals surface area contributed by atoms with Gasteiger partial charge < -0.3 is 5.11 Å². The molecule has 116 valence electrons. The zero-order chi connectivity index (χ0) is 15.4. The Hall–Kier alpha value is -1.87. The standard InChI is InChI=1S/C19H24N2O/c1-14-17-12-11-16(22)8-5-9-18(17)19(21-20-14)13-10-15-6-3-2-4-7-15/h2-4,6-7,10,13,16-17,21-22H,5,8-9,11-12H2,1H3/b13-10+. The maximum atomic E-state index is 9.92. The Morgan fingerprint density at radius 1 is 1.14 bits per heavy atom. The van der Waals surface area contributed by atoms with E-state index in [1.165, 1.54) is 11.1 Å². The first-order valence-electron chi connectivity index (χ1n) is 8.18. The molecule has 1 aromatic carbocycles. The molecule has 22 heavy (non-hydrogen) atoms. The van der Waals surface area contributed by atoms with Crippen LogP contribution >= 0.6 is 0 Å². The van der Waals surface area contributed by atoms with Gasteiger partial charge in [0.1, 0.15) is 0 Å². The van der Waals surface area contributed by atoms with Gasteiger partial charge in [-0.05, 0) is 56.2 Å². The van der Waals surface area contributed by atoms with Gasteiger partial charge in [0, 0.05) is 11.6 Å². The van der Waals surface area contributed by atoms with Gasteiger partial charge in [-0.2, -0.15) is 5.10 Å². The summed E-state index contributed by atoms with van der Waals surface area (Å²) in [5, 5.41) is 14.4. The molecule has 1 aromatic rings. The van der Waals surface area contributed by atoms with E-state index in [1.54, 1.807) is 0 Å². The minimum absolute atomic E-state index is 0.146. The summed E-state index contributed by atoms with van der Waals surface area (Å²) >= 11 is 0. The number of aliphatic hydroxyl groups is 1. The van der Waals surface area contributed by atoms with Gasteiger partial charge in [-0.25, -0.2) is 0 Å². The first kappa shape index (κ1) is 15.0. The fraction of sp³-hybridized carbons (Fsp3) is 0.421.